The third-order valence-corrected chi connectivity index (χ3v) is 3.50. The highest BCUT2D eigenvalue weighted by Gasteiger charge is 2.43. The zero-order valence-corrected chi connectivity index (χ0v) is 11.2. The van der Waals surface area contributed by atoms with Gasteiger partial charge in [-0.05, 0) is 43.9 Å². The molecule has 0 saturated heterocycles. The summed E-state index contributed by atoms with van der Waals surface area (Å²) in [6, 6.07) is 7.14. The van der Waals surface area contributed by atoms with Gasteiger partial charge in [-0.25, -0.2) is 4.39 Å². The van der Waals surface area contributed by atoms with E-state index in [-0.39, 0.29) is 23.0 Å². The molecule has 102 valence electrons. The van der Waals surface area contributed by atoms with Crippen LogP contribution in [0.4, 0.5) is 4.39 Å². The van der Waals surface area contributed by atoms with Crippen LogP contribution in [0.3, 0.4) is 0 Å². The zero-order valence-electron chi connectivity index (χ0n) is 11.2. The molecule has 1 aliphatic carbocycles. The summed E-state index contributed by atoms with van der Waals surface area (Å²) in [5.74, 6) is -0.0939. The Bertz CT molecular complexity index is 489. The molecule has 0 aliphatic heterocycles. The first kappa shape index (κ1) is 13.8. The van der Waals surface area contributed by atoms with Gasteiger partial charge in [-0.2, -0.15) is 5.26 Å². The van der Waals surface area contributed by atoms with Crippen molar-refractivity contribution < 1.29 is 9.13 Å². The molecule has 1 saturated carbocycles. The van der Waals surface area contributed by atoms with E-state index in [1.807, 2.05) is 13.0 Å². The summed E-state index contributed by atoms with van der Waals surface area (Å²) in [6.07, 6.45) is 3.11. The molecule has 0 spiro atoms. The molecule has 4 heteroatoms. The van der Waals surface area contributed by atoms with Crippen molar-refractivity contribution in [3.05, 3.63) is 29.6 Å². The second kappa shape index (κ2) is 5.58. The van der Waals surface area contributed by atoms with Crippen LogP contribution in [0.15, 0.2) is 18.2 Å². The van der Waals surface area contributed by atoms with Crippen LogP contribution in [0.5, 0.6) is 5.75 Å². The van der Waals surface area contributed by atoms with Crippen LogP contribution in [-0.4, -0.2) is 12.6 Å². The minimum atomic E-state index is -0.356. The van der Waals surface area contributed by atoms with Gasteiger partial charge in [0.2, 0.25) is 0 Å². The number of hydrogen-bond acceptors (Lipinski definition) is 3. The summed E-state index contributed by atoms with van der Waals surface area (Å²) in [5, 5.41) is 8.72. The van der Waals surface area contributed by atoms with Gasteiger partial charge in [0.25, 0.3) is 0 Å². The highest BCUT2D eigenvalue weighted by Crippen LogP contribution is 2.48. The van der Waals surface area contributed by atoms with E-state index in [1.54, 1.807) is 6.07 Å². The van der Waals surface area contributed by atoms with E-state index in [0.29, 0.717) is 19.4 Å². The molecule has 1 aliphatic rings. The van der Waals surface area contributed by atoms with Gasteiger partial charge in [0.1, 0.15) is 0 Å². The van der Waals surface area contributed by atoms with Gasteiger partial charge in [-0.3, -0.25) is 0 Å². The van der Waals surface area contributed by atoms with Crippen LogP contribution in [0.1, 0.15) is 31.7 Å². The summed E-state index contributed by atoms with van der Waals surface area (Å²) >= 11 is 0. The maximum Gasteiger partial charge on any atom is 0.165 e. The minimum absolute atomic E-state index is 0.0107. The lowest BCUT2D eigenvalue weighted by atomic mass is 10.1. The van der Waals surface area contributed by atoms with Crippen molar-refractivity contribution in [2.45, 2.75) is 38.6 Å². The minimum Gasteiger partial charge on any atom is -0.490 e. The van der Waals surface area contributed by atoms with Crippen molar-refractivity contribution in [3.63, 3.8) is 0 Å². The highest BCUT2D eigenvalue weighted by atomic mass is 19.1. The summed E-state index contributed by atoms with van der Waals surface area (Å²) in [7, 11) is 0. The van der Waals surface area contributed by atoms with Crippen LogP contribution in [0.2, 0.25) is 0 Å². The molecule has 0 bridgehead atoms. The smallest absolute Gasteiger partial charge is 0.165 e. The Labute approximate surface area is 113 Å². The monoisotopic (exact) mass is 262 g/mol. The molecule has 1 aromatic carbocycles. The van der Waals surface area contributed by atoms with Crippen molar-refractivity contribution in [2.75, 3.05) is 6.61 Å². The first-order chi connectivity index (χ1) is 9.04. The highest BCUT2D eigenvalue weighted by molar-refractivity contribution is 5.30. The van der Waals surface area contributed by atoms with Crippen molar-refractivity contribution in [1.29, 1.82) is 5.26 Å². The number of nitriles is 1. The van der Waals surface area contributed by atoms with E-state index >= 15 is 0 Å². The lowest BCUT2D eigenvalue weighted by Crippen LogP contribution is -2.18. The van der Waals surface area contributed by atoms with Crippen LogP contribution in [0, 0.1) is 22.6 Å². The van der Waals surface area contributed by atoms with Gasteiger partial charge in [0.05, 0.1) is 12.7 Å². The molecule has 1 fully saturated rings. The maximum atomic E-state index is 13.9. The Hall–Kier alpha value is -1.60. The Kier molecular flexibility index (Phi) is 4.06. The number of benzene rings is 1. The van der Waals surface area contributed by atoms with E-state index in [2.05, 4.69) is 6.07 Å². The van der Waals surface area contributed by atoms with Gasteiger partial charge < -0.3 is 10.5 Å². The fourth-order valence-corrected chi connectivity index (χ4v) is 2.11. The molecule has 0 amide bonds. The Balaban J connectivity index is 1.96. The fourth-order valence-electron chi connectivity index (χ4n) is 2.11. The van der Waals surface area contributed by atoms with Crippen LogP contribution < -0.4 is 10.5 Å². The molecular formula is C15H19FN2O. The lowest BCUT2D eigenvalue weighted by molar-refractivity contribution is 0.227. The topological polar surface area (TPSA) is 59.0 Å². The molecule has 3 nitrogen and oxygen atoms in total. The molecular weight excluding hydrogens is 243 g/mol. The molecule has 0 aromatic heterocycles. The van der Waals surface area contributed by atoms with Crippen LogP contribution in [-0.2, 0) is 6.42 Å². The van der Waals surface area contributed by atoms with Gasteiger partial charge in [-0.1, -0.05) is 6.07 Å². The average Bonchev–Trinajstić information content (AvgIpc) is 3.08. The van der Waals surface area contributed by atoms with E-state index in [1.165, 1.54) is 6.07 Å². The van der Waals surface area contributed by atoms with Crippen molar-refractivity contribution in [1.82, 2.24) is 0 Å². The van der Waals surface area contributed by atoms with Crippen molar-refractivity contribution in [2.24, 2.45) is 11.1 Å². The lowest BCUT2D eigenvalue weighted by Gasteiger charge is -2.14. The van der Waals surface area contributed by atoms with Crippen LogP contribution in [0.25, 0.3) is 0 Å². The number of halogens is 1. The first-order valence-corrected chi connectivity index (χ1v) is 6.58. The van der Waals surface area contributed by atoms with Crippen molar-refractivity contribution >= 4 is 0 Å². The summed E-state index contributed by atoms with van der Waals surface area (Å²) in [4.78, 5) is 0. The summed E-state index contributed by atoms with van der Waals surface area (Å²) in [5.41, 5.74) is 6.52. The zero-order chi connectivity index (χ0) is 13.9. The first-order valence-electron chi connectivity index (χ1n) is 6.58. The number of hydrogen-bond donors (Lipinski definition) is 1. The van der Waals surface area contributed by atoms with Crippen LogP contribution >= 0.6 is 0 Å². The Morgan fingerprint density at radius 2 is 2.26 bits per heavy atom. The van der Waals surface area contributed by atoms with Gasteiger partial charge in [0, 0.05) is 17.9 Å². The van der Waals surface area contributed by atoms with Crippen molar-refractivity contribution in [3.8, 4) is 11.8 Å². The molecule has 0 heterocycles. The van der Waals surface area contributed by atoms with Gasteiger partial charge in [0.15, 0.2) is 11.6 Å². The quantitative estimate of drug-likeness (QED) is 0.857. The summed E-state index contributed by atoms with van der Waals surface area (Å²) in [6.45, 7) is 2.31. The maximum absolute atomic E-state index is 13.9. The van der Waals surface area contributed by atoms with E-state index in [4.69, 9.17) is 15.7 Å². The number of rotatable bonds is 6. The number of ether oxygens (including phenoxy) is 1. The molecule has 0 radical (unpaired) electrons. The van der Waals surface area contributed by atoms with Gasteiger partial charge in [-0.15, -0.1) is 0 Å². The van der Waals surface area contributed by atoms with Gasteiger partial charge >= 0.3 is 0 Å². The second-order valence-electron chi connectivity index (χ2n) is 5.57. The summed E-state index contributed by atoms with van der Waals surface area (Å²) < 4.78 is 19.4. The molecule has 1 atom stereocenters. The third kappa shape index (κ3) is 3.68. The normalized spacial score (nSPS) is 17.6. The molecule has 2 rings (SSSR count). The predicted molar refractivity (Wildman–Crippen MR) is 71.1 cm³/mol. The SMILES string of the molecule is CC(N)Cc1ccc(OCC2(CC#N)CC2)c(F)c1. The average molecular weight is 262 g/mol. The fraction of sp³-hybridized carbons (Fsp3) is 0.533. The molecule has 19 heavy (non-hydrogen) atoms. The van der Waals surface area contributed by atoms with E-state index in [9.17, 15) is 4.39 Å². The largest absolute Gasteiger partial charge is 0.490 e. The molecule has 2 N–H and O–H groups in total. The van der Waals surface area contributed by atoms with E-state index in [0.717, 1.165) is 18.4 Å². The van der Waals surface area contributed by atoms with E-state index < -0.39 is 0 Å². The molecule has 1 unspecified atom stereocenters. The second-order valence-corrected chi connectivity index (χ2v) is 5.57. The standard InChI is InChI=1S/C15H19FN2O/c1-11(18)8-12-2-3-14(13(16)9-12)19-10-15(4-5-15)6-7-17/h2-3,9,11H,4-6,8,10,18H2,1H3. The number of nitrogens with zero attached hydrogens (tertiary/aromatic N) is 1. The Morgan fingerprint density at radius 1 is 1.53 bits per heavy atom. The molecule has 1 aromatic rings. The number of nitrogens with two attached hydrogens (primary N) is 1. The third-order valence-electron chi connectivity index (χ3n) is 3.50. The predicted octanol–water partition coefficient (Wildman–Crippen LogP) is 2.79. The Morgan fingerprint density at radius 3 is 2.79 bits per heavy atom.